The highest BCUT2D eigenvalue weighted by atomic mass is 16.3. The summed E-state index contributed by atoms with van der Waals surface area (Å²) < 4.78 is 0. The van der Waals surface area contributed by atoms with Crippen molar-refractivity contribution in [3.8, 4) is 0 Å². The highest BCUT2D eigenvalue weighted by molar-refractivity contribution is 5.36. The first-order valence-corrected chi connectivity index (χ1v) is 6.42. The predicted octanol–water partition coefficient (Wildman–Crippen LogP) is 3.43. The van der Waals surface area contributed by atoms with Crippen LogP contribution < -0.4 is 0 Å². The molecule has 16 heavy (non-hydrogen) atoms. The van der Waals surface area contributed by atoms with E-state index in [1.54, 1.807) is 5.56 Å². The van der Waals surface area contributed by atoms with Crippen molar-refractivity contribution in [2.24, 2.45) is 5.92 Å². The van der Waals surface area contributed by atoms with Gasteiger partial charge in [0.25, 0.3) is 0 Å². The minimum atomic E-state index is 0.318. The second kappa shape index (κ2) is 5.01. The van der Waals surface area contributed by atoms with Crippen LogP contribution in [0.5, 0.6) is 0 Å². The SMILES string of the molecule is Cc1ccc2c(c1)CCCC2C(C)CCO. The Hall–Kier alpha value is -0.820. The number of rotatable bonds is 3. The molecular formula is C15H22O. The van der Waals surface area contributed by atoms with Crippen LogP contribution in [0.4, 0.5) is 0 Å². The third-order valence-electron chi connectivity index (χ3n) is 3.93. The van der Waals surface area contributed by atoms with Crippen molar-refractivity contribution in [3.05, 3.63) is 34.9 Å². The molecule has 1 aromatic rings. The Balaban J connectivity index is 2.25. The number of aliphatic hydroxyl groups excluding tert-OH is 1. The van der Waals surface area contributed by atoms with Crippen LogP contribution >= 0.6 is 0 Å². The molecule has 0 heterocycles. The summed E-state index contributed by atoms with van der Waals surface area (Å²) in [6.07, 6.45) is 4.76. The van der Waals surface area contributed by atoms with Gasteiger partial charge in [0.05, 0.1) is 0 Å². The zero-order valence-corrected chi connectivity index (χ0v) is 10.4. The minimum Gasteiger partial charge on any atom is -0.396 e. The van der Waals surface area contributed by atoms with Gasteiger partial charge in [0.2, 0.25) is 0 Å². The van der Waals surface area contributed by atoms with Crippen LogP contribution in [0.25, 0.3) is 0 Å². The van der Waals surface area contributed by atoms with E-state index in [1.807, 2.05) is 0 Å². The van der Waals surface area contributed by atoms with Crippen molar-refractivity contribution in [2.75, 3.05) is 6.61 Å². The second-order valence-corrected chi connectivity index (χ2v) is 5.19. The summed E-state index contributed by atoms with van der Waals surface area (Å²) in [4.78, 5) is 0. The standard InChI is InChI=1S/C15H22O/c1-11-6-7-15-13(10-11)4-3-5-14(15)12(2)8-9-16/h6-7,10,12,14,16H,3-5,8-9H2,1-2H3. The molecule has 2 atom stereocenters. The molecule has 0 saturated heterocycles. The lowest BCUT2D eigenvalue weighted by Gasteiger charge is -2.30. The molecule has 88 valence electrons. The van der Waals surface area contributed by atoms with Crippen LogP contribution in [0.15, 0.2) is 18.2 Å². The molecule has 0 amide bonds. The Morgan fingerprint density at radius 3 is 3.00 bits per heavy atom. The van der Waals surface area contributed by atoms with Crippen molar-refractivity contribution < 1.29 is 5.11 Å². The van der Waals surface area contributed by atoms with Gasteiger partial charge in [-0.15, -0.1) is 0 Å². The molecule has 2 unspecified atom stereocenters. The van der Waals surface area contributed by atoms with Crippen LogP contribution in [-0.2, 0) is 6.42 Å². The molecule has 0 aromatic heterocycles. The van der Waals surface area contributed by atoms with E-state index in [0.717, 1.165) is 6.42 Å². The zero-order chi connectivity index (χ0) is 11.5. The molecule has 0 spiro atoms. The molecule has 1 aliphatic carbocycles. The van der Waals surface area contributed by atoms with E-state index in [9.17, 15) is 0 Å². The van der Waals surface area contributed by atoms with Gasteiger partial charge >= 0.3 is 0 Å². The molecule has 1 aliphatic rings. The van der Waals surface area contributed by atoms with Gasteiger partial charge in [0, 0.05) is 6.61 Å². The molecule has 1 nitrogen and oxygen atoms in total. The van der Waals surface area contributed by atoms with E-state index >= 15 is 0 Å². The quantitative estimate of drug-likeness (QED) is 0.824. The lowest BCUT2D eigenvalue weighted by atomic mass is 9.75. The normalized spacial score (nSPS) is 21.6. The van der Waals surface area contributed by atoms with Gasteiger partial charge in [-0.25, -0.2) is 0 Å². The van der Waals surface area contributed by atoms with Crippen LogP contribution in [0, 0.1) is 12.8 Å². The van der Waals surface area contributed by atoms with Crippen LogP contribution in [0.3, 0.4) is 0 Å². The lowest BCUT2D eigenvalue weighted by Crippen LogP contribution is -2.17. The van der Waals surface area contributed by atoms with E-state index in [0.29, 0.717) is 18.4 Å². The van der Waals surface area contributed by atoms with Crippen molar-refractivity contribution in [2.45, 2.75) is 45.4 Å². The van der Waals surface area contributed by atoms with Crippen LogP contribution in [0.1, 0.15) is 48.8 Å². The zero-order valence-electron chi connectivity index (χ0n) is 10.4. The second-order valence-electron chi connectivity index (χ2n) is 5.19. The molecular weight excluding hydrogens is 196 g/mol. The van der Waals surface area contributed by atoms with Gasteiger partial charge in [-0.1, -0.05) is 30.7 Å². The van der Waals surface area contributed by atoms with Crippen molar-refractivity contribution >= 4 is 0 Å². The number of benzene rings is 1. The summed E-state index contributed by atoms with van der Waals surface area (Å²) in [6.45, 7) is 4.76. The summed E-state index contributed by atoms with van der Waals surface area (Å²) >= 11 is 0. The summed E-state index contributed by atoms with van der Waals surface area (Å²) in [5.74, 6) is 1.27. The highest BCUT2D eigenvalue weighted by Crippen LogP contribution is 2.38. The molecule has 0 bridgehead atoms. The van der Waals surface area contributed by atoms with Gasteiger partial charge < -0.3 is 5.11 Å². The molecule has 1 heteroatoms. The maximum absolute atomic E-state index is 9.06. The summed E-state index contributed by atoms with van der Waals surface area (Å²) in [5, 5.41) is 9.06. The molecule has 0 fully saturated rings. The lowest BCUT2D eigenvalue weighted by molar-refractivity contribution is 0.243. The summed E-state index contributed by atoms with van der Waals surface area (Å²) in [6, 6.07) is 6.87. The topological polar surface area (TPSA) is 20.2 Å². The summed E-state index contributed by atoms with van der Waals surface area (Å²) in [5.41, 5.74) is 4.45. The Morgan fingerprint density at radius 1 is 1.44 bits per heavy atom. The van der Waals surface area contributed by atoms with Crippen molar-refractivity contribution in [1.82, 2.24) is 0 Å². The highest BCUT2D eigenvalue weighted by Gasteiger charge is 2.24. The Labute approximate surface area is 98.5 Å². The van der Waals surface area contributed by atoms with Gasteiger partial charge in [-0.2, -0.15) is 0 Å². The van der Waals surface area contributed by atoms with Crippen LogP contribution in [0.2, 0.25) is 0 Å². The maximum Gasteiger partial charge on any atom is 0.0433 e. The Bertz CT molecular complexity index is 356. The van der Waals surface area contributed by atoms with Crippen molar-refractivity contribution in [3.63, 3.8) is 0 Å². The minimum absolute atomic E-state index is 0.318. The first kappa shape index (κ1) is 11.7. The fraction of sp³-hybridized carbons (Fsp3) is 0.600. The number of aryl methyl sites for hydroxylation is 2. The largest absolute Gasteiger partial charge is 0.396 e. The van der Waals surface area contributed by atoms with Gasteiger partial charge in [0.1, 0.15) is 0 Å². The molecule has 2 rings (SSSR count). The smallest absolute Gasteiger partial charge is 0.0433 e. The summed E-state index contributed by atoms with van der Waals surface area (Å²) in [7, 11) is 0. The van der Waals surface area contributed by atoms with E-state index in [2.05, 4.69) is 32.0 Å². The van der Waals surface area contributed by atoms with Gasteiger partial charge in [-0.3, -0.25) is 0 Å². The number of hydrogen-bond donors (Lipinski definition) is 1. The monoisotopic (exact) mass is 218 g/mol. The number of aliphatic hydroxyl groups is 1. The Morgan fingerprint density at radius 2 is 2.25 bits per heavy atom. The molecule has 1 N–H and O–H groups in total. The molecule has 0 saturated carbocycles. The van der Waals surface area contributed by atoms with Gasteiger partial charge in [-0.05, 0) is 55.6 Å². The molecule has 0 radical (unpaired) electrons. The third kappa shape index (κ3) is 2.30. The fourth-order valence-electron chi connectivity index (χ4n) is 2.98. The van der Waals surface area contributed by atoms with E-state index in [1.165, 1.54) is 30.4 Å². The average molecular weight is 218 g/mol. The number of hydrogen-bond acceptors (Lipinski definition) is 1. The average Bonchev–Trinajstić information content (AvgIpc) is 2.28. The van der Waals surface area contributed by atoms with E-state index in [-0.39, 0.29) is 0 Å². The van der Waals surface area contributed by atoms with E-state index in [4.69, 9.17) is 5.11 Å². The maximum atomic E-state index is 9.06. The molecule has 1 aromatic carbocycles. The number of fused-ring (bicyclic) bond motifs is 1. The third-order valence-corrected chi connectivity index (χ3v) is 3.93. The van der Waals surface area contributed by atoms with Crippen LogP contribution in [-0.4, -0.2) is 11.7 Å². The molecule has 0 aliphatic heterocycles. The fourth-order valence-corrected chi connectivity index (χ4v) is 2.98. The van der Waals surface area contributed by atoms with Gasteiger partial charge in [0.15, 0.2) is 0 Å². The van der Waals surface area contributed by atoms with Crippen molar-refractivity contribution in [1.29, 1.82) is 0 Å². The van der Waals surface area contributed by atoms with E-state index < -0.39 is 0 Å². The Kier molecular flexibility index (Phi) is 3.65. The first-order chi connectivity index (χ1) is 7.72. The predicted molar refractivity (Wildman–Crippen MR) is 67.7 cm³/mol. The first-order valence-electron chi connectivity index (χ1n) is 6.42.